The molecule has 1 N–H and O–H groups in total. The molecule has 2 aromatic rings. The number of urea groups is 1. The number of benzene rings is 2. The molecule has 0 saturated carbocycles. The maximum Gasteiger partial charge on any atom is 0.322 e. The van der Waals surface area contributed by atoms with Gasteiger partial charge in [-0.3, -0.25) is 0 Å². The van der Waals surface area contributed by atoms with Crippen molar-refractivity contribution < 1.29 is 4.79 Å². The Hall–Kier alpha value is -1.42. The number of nitrogens with one attached hydrogen (secondary N) is 1. The van der Waals surface area contributed by atoms with Crippen LogP contribution >= 0.6 is 34.8 Å². The van der Waals surface area contributed by atoms with Crippen LogP contribution in [0.1, 0.15) is 24.4 Å². The van der Waals surface area contributed by atoms with Gasteiger partial charge in [-0.05, 0) is 42.7 Å². The monoisotopic (exact) mass is 368 g/mol. The third-order valence-corrected chi connectivity index (χ3v) is 4.86. The second kappa shape index (κ2) is 7.00. The lowest BCUT2D eigenvalue weighted by Gasteiger charge is -2.26. The van der Waals surface area contributed by atoms with Gasteiger partial charge in [-0.15, -0.1) is 0 Å². The smallest absolute Gasteiger partial charge is 0.317 e. The van der Waals surface area contributed by atoms with Crippen molar-refractivity contribution in [3.8, 4) is 0 Å². The summed E-state index contributed by atoms with van der Waals surface area (Å²) in [7, 11) is 0. The van der Waals surface area contributed by atoms with E-state index in [-0.39, 0.29) is 12.1 Å². The molecule has 6 heteroatoms. The third-order valence-electron chi connectivity index (χ3n) is 3.95. The van der Waals surface area contributed by atoms with Crippen LogP contribution in [0.4, 0.5) is 10.5 Å². The molecule has 0 aliphatic carbocycles. The number of likely N-dealkylation sites (tertiary alicyclic amines) is 1. The first-order valence-corrected chi connectivity index (χ1v) is 8.47. The summed E-state index contributed by atoms with van der Waals surface area (Å²) in [4.78, 5) is 14.4. The molecular weight excluding hydrogens is 355 g/mol. The van der Waals surface area contributed by atoms with Crippen molar-refractivity contribution >= 4 is 46.5 Å². The van der Waals surface area contributed by atoms with Crippen LogP contribution in [0, 0.1) is 0 Å². The number of hydrogen-bond donors (Lipinski definition) is 1. The molecule has 1 unspecified atom stereocenters. The number of nitrogens with zero attached hydrogens (tertiary/aromatic N) is 1. The standard InChI is InChI=1S/C17H15Cl3N2O/c18-11-7-8-14(20)15(10-11)21-17(23)22-9-3-6-16(22)12-4-1-2-5-13(12)19/h1-2,4-5,7-8,10,16H,3,6,9H2,(H,21,23). The normalized spacial score (nSPS) is 17.3. The first-order chi connectivity index (χ1) is 11.1. The average Bonchev–Trinajstić information content (AvgIpc) is 3.01. The van der Waals surface area contributed by atoms with Gasteiger partial charge in [-0.2, -0.15) is 0 Å². The minimum atomic E-state index is -0.198. The number of hydrogen-bond acceptors (Lipinski definition) is 1. The van der Waals surface area contributed by atoms with E-state index in [0.717, 1.165) is 18.4 Å². The van der Waals surface area contributed by atoms with Crippen molar-refractivity contribution in [2.75, 3.05) is 11.9 Å². The molecule has 2 amide bonds. The van der Waals surface area contributed by atoms with E-state index in [2.05, 4.69) is 5.32 Å². The molecule has 3 rings (SSSR count). The SMILES string of the molecule is O=C(Nc1cc(Cl)ccc1Cl)N1CCCC1c1ccccc1Cl. The maximum absolute atomic E-state index is 12.6. The Labute approximate surface area is 150 Å². The van der Waals surface area contributed by atoms with Crippen LogP contribution in [-0.2, 0) is 0 Å². The van der Waals surface area contributed by atoms with E-state index >= 15 is 0 Å². The predicted octanol–water partition coefficient (Wildman–Crippen LogP) is 6.02. The largest absolute Gasteiger partial charge is 0.322 e. The fourth-order valence-corrected chi connectivity index (χ4v) is 3.46. The molecule has 0 bridgehead atoms. The van der Waals surface area contributed by atoms with E-state index in [9.17, 15) is 4.79 Å². The van der Waals surface area contributed by atoms with Crippen LogP contribution in [0.3, 0.4) is 0 Å². The highest BCUT2D eigenvalue weighted by atomic mass is 35.5. The van der Waals surface area contributed by atoms with E-state index in [0.29, 0.717) is 27.3 Å². The van der Waals surface area contributed by atoms with Gasteiger partial charge in [0.25, 0.3) is 0 Å². The molecule has 1 fully saturated rings. The minimum Gasteiger partial charge on any atom is -0.317 e. The Morgan fingerprint density at radius 3 is 2.65 bits per heavy atom. The van der Waals surface area contributed by atoms with Gasteiger partial charge in [-0.25, -0.2) is 4.79 Å². The molecule has 1 saturated heterocycles. The molecule has 0 aromatic heterocycles. The Balaban J connectivity index is 1.81. The molecule has 3 nitrogen and oxygen atoms in total. The van der Waals surface area contributed by atoms with Crippen LogP contribution in [0.25, 0.3) is 0 Å². The molecule has 1 aliphatic rings. The molecule has 1 aliphatic heterocycles. The Morgan fingerprint density at radius 2 is 1.87 bits per heavy atom. The second-order valence-electron chi connectivity index (χ2n) is 5.43. The number of rotatable bonds is 2. The first-order valence-electron chi connectivity index (χ1n) is 7.33. The predicted molar refractivity (Wildman–Crippen MR) is 95.6 cm³/mol. The fourth-order valence-electron chi connectivity index (χ4n) is 2.86. The average molecular weight is 370 g/mol. The van der Waals surface area contributed by atoms with Crippen LogP contribution in [0.15, 0.2) is 42.5 Å². The quantitative estimate of drug-likeness (QED) is 0.690. The van der Waals surface area contributed by atoms with Crippen molar-refractivity contribution in [3.05, 3.63) is 63.1 Å². The number of amides is 2. The molecule has 23 heavy (non-hydrogen) atoms. The Bertz CT molecular complexity index is 736. The van der Waals surface area contributed by atoms with E-state index in [1.807, 2.05) is 24.3 Å². The zero-order valence-electron chi connectivity index (χ0n) is 12.2. The fraction of sp³-hybridized carbons (Fsp3) is 0.235. The van der Waals surface area contributed by atoms with Gasteiger partial charge >= 0.3 is 6.03 Å². The van der Waals surface area contributed by atoms with E-state index in [1.165, 1.54) is 0 Å². The van der Waals surface area contributed by atoms with Crippen molar-refractivity contribution in [2.24, 2.45) is 0 Å². The lowest BCUT2D eigenvalue weighted by Crippen LogP contribution is -2.34. The molecule has 120 valence electrons. The van der Waals surface area contributed by atoms with Crippen LogP contribution in [-0.4, -0.2) is 17.5 Å². The highest BCUT2D eigenvalue weighted by molar-refractivity contribution is 6.35. The number of anilines is 1. The van der Waals surface area contributed by atoms with Gasteiger partial charge in [0.15, 0.2) is 0 Å². The lowest BCUT2D eigenvalue weighted by molar-refractivity contribution is 0.207. The summed E-state index contributed by atoms with van der Waals surface area (Å²) in [6.45, 7) is 0.680. The summed E-state index contributed by atoms with van der Waals surface area (Å²) in [5.41, 5.74) is 1.48. The number of halogens is 3. The van der Waals surface area contributed by atoms with Crippen molar-refractivity contribution in [2.45, 2.75) is 18.9 Å². The Kier molecular flexibility index (Phi) is 5.00. The maximum atomic E-state index is 12.6. The van der Waals surface area contributed by atoms with E-state index in [4.69, 9.17) is 34.8 Å². The van der Waals surface area contributed by atoms with Gasteiger partial charge < -0.3 is 10.2 Å². The van der Waals surface area contributed by atoms with Crippen molar-refractivity contribution in [1.29, 1.82) is 0 Å². The molecule has 1 atom stereocenters. The molecule has 2 aromatic carbocycles. The third kappa shape index (κ3) is 3.57. The summed E-state index contributed by atoms with van der Waals surface area (Å²) in [5.74, 6) is 0. The molecule has 0 radical (unpaired) electrons. The second-order valence-corrected chi connectivity index (χ2v) is 6.68. The van der Waals surface area contributed by atoms with Crippen molar-refractivity contribution in [1.82, 2.24) is 4.90 Å². The zero-order chi connectivity index (χ0) is 16.4. The molecule has 0 spiro atoms. The van der Waals surface area contributed by atoms with E-state index < -0.39 is 0 Å². The highest BCUT2D eigenvalue weighted by Crippen LogP contribution is 2.36. The molecular formula is C17H15Cl3N2O. The lowest BCUT2D eigenvalue weighted by atomic mass is 10.0. The first kappa shape index (κ1) is 16.4. The number of carbonyl (C=O) groups excluding carboxylic acids is 1. The van der Waals surface area contributed by atoms with Gasteiger partial charge in [0.05, 0.1) is 16.8 Å². The van der Waals surface area contributed by atoms with Crippen LogP contribution in [0.2, 0.25) is 15.1 Å². The van der Waals surface area contributed by atoms with Gasteiger partial charge in [0.1, 0.15) is 0 Å². The summed E-state index contributed by atoms with van der Waals surface area (Å²) >= 11 is 18.4. The Morgan fingerprint density at radius 1 is 1.09 bits per heavy atom. The summed E-state index contributed by atoms with van der Waals surface area (Å²) in [5, 5.41) is 4.50. The summed E-state index contributed by atoms with van der Waals surface area (Å²) < 4.78 is 0. The van der Waals surface area contributed by atoms with Gasteiger partial charge in [0, 0.05) is 16.6 Å². The van der Waals surface area contributed by atoms with E-state index in [1.54, 1.807) is 23.1 Å². The van der Waals surface area contributed by atoms with Gasteiger partial charge in [-0.1, -0.05) is 53.0 Å². The van der Waals surface area contributed by atoms with Gasteiger partial charge in [0.2, 0.25) is 0 Å². The topological polar surface area (TPSA) is 32.3 Å². The zero-order valence-corrected chi connectivity index (χ0v) is 14.5. The van der Waals surface area contributed by atoms with Crippen LogP contribution in [0.5, 0.6) is 0 Å². The molecule has 1 heterocycles. The van der Waals surface area contributed by atoms with Crippen LogP contribution < -0.4 is 5.32 Å². The van der Waals surface area contributed by atoms with Crippen molar-refractivity contribution in [3.63, 3.8) is 0 Å². The minimum absolute atomic E-state index is 0.0262. The number of carbonyl (C=O) groups is 1. The summed E-state index contributed by atoms with van der Waals surface area (Å²) in [6.07, 6.45) is 1.83. The highest BCUT2D eigenvalue weighted by Gasteiger charge is 2.31. The summed E-state index contributed by atoms with van der Waals surface area (Å²) in [6, 6.07) is 12.4.